The number of nitrogens with one attached hydrogen (secondary N) is 1. The van der Waals surface area contributed by atoms with Crippen LogP contribution in [0.5, 0.6) is 0 Å². The maximum absolute atomic E-state index is 12.4. The topological polar surface area (TPSA) is 113 Å². The van der Waals surface area contributed by atoms with Crippen molar-refractivity contribution in [3.05, 3.63) is 10.6 Å². The Kier molecular flexibility index (Phi) is 6.41. The molecule has 4 N–H and O–H groups in total. The minimum atomic E-state index is -1.09. The number of aliphatic hydroxyl groups is 2. The summed E-state index contributed by atoms with van der Waals surface area (Å²) in [5.41, 5.74) is 0.0838. The van der Waals surface area contributed by atoms with Crippen LogP contribution in [0.15, 0.2) is 10.6 Å². The minimum absolute atomic E-state index is 0.0838. The molecule has 3 rings (SSSR count). The summed E-state index contributed by atoms with van der Waals surface area (Å²) >= 11 is 1.54. The van der Waals surface area contributed by atoms with Crippen molar-refractivity contribution in [2.45, 2.75) is 56.2 Å². The maximum atomic E-state index is 12.4. The fourth-order valence-corrected chi connectivity index (χ4v) is 6.25. The van der Waals surface area contributed by atoms with Gasteiger partial charge in [0.1, 0.15) is 5.70 Å². The summed E-state index contributed by atoms with van der Waals surface area (Å²) in [5.74, 6) is -2.02. The van der Waals surface area contributed by atoms with Crippen LogP contribution >= 0.6 is 11.8 Å². The first-order valence-electron chi connectivity index (χ1n) is 9.83. The molecule has 0 radical (unpaired) electrons. The molecular weight excluding hydrogens is 382 g/mol. The van der Waals surface area contributed by atoms with E-state index in [1.165, 1.54) is 16.7 Å². The Morgan fingerprint density at radius 3 is 2.64 bits per heavy atom. The van der Waals surface area contributed by atoms with Crippen LogP contribution in [0, 0.1) is 11.8 Å². The van der Waals surface area contributed by atoms with Gasteiger partial charge in [-0.25, -0.2) is 4.79 Å². The Hall–Kier alpha value is -1.13. The molecule has 8 nitrogen and oxygen atoms in total. The highest BCUT2D eigenvalue weighted by Gasteiger charge is 2.60. The number of fused-ring (bicyclic) bond motifs is 1. The summed E-state index contributed by atoms with van der Waals surface area (Å²) in [7, 11) is 3.85. The second-order valence-electron chi connectivity index (χ2n) is 8.50. The lowest BCUT2D eigenvalue weighted by molar-refractivity contribution is -0.163. The van der Waals surface area contributed by atoms with E-state index in [0.29, 0.717) is 13.0 Å². The van der Waals surface area contributed by atoms with Crippen molar-refractivity contribution in [1.82, 2.24) is 15.1 Å². The molecule has 0 spiro atoms. The summed E-state index contributed by atoms with van der Waals surface area (Å²) < 4.78 is 0. The zero-order chi connectivity index (χ0) is 20.7. The van der Waals surface area contributed by atoms with Crippen LogP contribution in [-0.2, 0) is 9.59 Å². The van der Waals surface area contributed by atoms with E-state index in [1.54, 1.807) is 6.92 Å². The summed E-state index contributed by atoms with van der Waals surface area (Å²) in [4.78, 5) is 28.3. The second-order valence-corrected chi connectivity index (χ2v) is 9.85. The zero-order valence-corrected chi connectivity index (χ0v) is 17.6. The van der Waals surface area contributed by atoms with Crippen LogP contribution in [0.25, 0.3) is 0 Å². The Morgan fingerprint density at radius 2 is 2.07 bits per heavy atom. The van der Waals surface area contributed by atoms with Crippen molar-refractivity contribution in [2.75, 3.05) is 27.2 Å². The third-order valence-electron chi connectivity index (χ3n) is 5.92. The Labute approximate surface area is 169 Å². The molecule has 1 unspecified atom stereocenters. The first kappa shape index (κ1) is 21.6. The Morgan fingerprint density at radius 1 is 1.39 bits per heavy atom. The van der Waals surface area contributed by atoms with Crippen LogP contribution in [0.3, 0.4) is 0 Å². The number of carbonyl (C=O) groups excluding carboxylic acids is 1. The third-order valence-corrected chi connectivity index (χ3v) is 7.43. The molecule has 158 valence electrons. The van der Waals surface area contributed by atoms with Crippen LogP contribution in [-0.4, -0.2) is 93.7 Å². The highest BCUT2D eigenvalue weighted by molar-refractivity contribution is 8.03. The fraction of sp³-hybridized carbons (Fsp3) is 0.789. The number of aliphatic hydroxyl groups excluding tert-OH is 2. The number of nitrogens with zero attached hydrogens (tertiary/aromatic N) is 2. The summed E-state index contributed by atoms with van der Waals surface area (Å²) in [6.07, 6.45) is 0.317. The van der Waals surface area contributed by atoms with Gasteiger partial charge in [0.25, 0.3) is 0 Å². The molecule has 0 aromatic carbocycles. The van der Waals surface area contributed by atoms with Gasteiger partial charge in [0.2, 0.25) is 5.91 Å². The van der Waals surface area contributed by atoms with Crippen molar-refractivity contribution in [1.29, 1.82) is 0 Å². The molecule has 0 aromatic heterocycles. The lowest BCUT2D eigenvalue weighted by Crippen LogP contribution is -2.63. The van der Waals surface area contributed by atoms with Crippen molar-refractivity contribution < 1.29 is 24.9 Å². The number of rotatable bonds is 8. The first-order chi connectivity index (χ1) is 13.1. The molecule has 0 aromatic rings. The number of likely N-dealkylation sites (N-methyl/N-ethyl adjacent to an activating group) is 1. The van der Waals surface area contributed by atoms with E-state index in [4.69, 9.17) is 0 Å². The van der Waals surface area contributed by atoms with E-state index in [-0.39, 0.29) is 34.9 Å². The molecule has 1 amide bonds. The van der Waals surface area contributed by atoms with Crippen molar-refractivity contribution in [3.63, 3.8) is 0 Å². The van der Waals surface area contributed by atoms with Gasteiger partial charge in [0, 0.05) is 35.2 Å². The van der Waals surface area contributed by atoms with Gasteiger partial charge in [0.05, 0.1) is 24.2 Å². The van der Waals surface area contributed by atoms with Gasteiger partial charge in [-0.15, -0.1) is 11.8 Å². The minimum Gasteiger partial charge on any atom is -0.477 e. The van der Waals surface area contributed by atoms with E-state index < -0.39 is 24.1 Å². The van der Waals surface area contributed by atoms with Crippen molar-refractivity contribution >= 4 is 23.6 Å². The van der Waals surface area contributed by atoms with Gasteiger partial charge in [-0.2, -0.15) is 0 Å². The molecule has 3 heterocycles. The van der Waals surface area contributed by atoms with E-state index in [2.05, 4.69) is 5.32 Å². The summed E-state index contributed by atoms with van der Waals surface area (Å²) in [6.45, 7) is 4.88. The molecule has 0 bridgehead atoms. The molecule has 3 aliphatic heterocycles. The molecule has 28 heavy (non-hydrogen) atoms. The van der Waals surface area contributed by atoms with Gasteiger partial charge >= 0.3 is 5.97 Å². The van der Waals surface area contributed by atoms with Gasteiger partial charge in [-0.3, -0.25) is 4.79 Å². The first-order valence-corrected chi connectivity index (χ1v) is 10.7. The van der Waals surface area contributed by atoms with E-state index in [0.717, 1.165) is 17.9 Å². The summed E-state index contributed by atoms with van der Waals surface area (Å²) in [6, 6.07) is -0.0740. The molecule has 0 aliphatic carbocycles. The van der Waals surface area contributed by atoms with E-state index in [1.807, 2.05) is 25.9 Å². The van der Waals surface area contributed by atoms with Crippen LogP contribution in [0.1, 0.15) is 26.7 Å². The molecule has 7 atom stereocenters. The highest BCUT2D eigenvalue weighted by Crippen LogP contribution is 2.51. The molecule has 2 saturated heterocycles. The number of aliphatic carboxylic acids is 1. The largest absolute Gasteiger partial charge is 0.477 e. The standard InChI is InChI=1S/C19H31N3O5S/c1-9-15-14(10(2)23)18(25)22(15)16(19(26)27)17(9)28-13-6-11(20-7-13)5-12(24)8-21(3)4/h9-15,20,23-24H,5-8H2,1-4H3,(H,26,27)/t9-,10-,11+,12?,13+,14-,15-/m1/s1. The number of hydrogen-bond acceptors (Lipinski definition) is 7. The average Bonchev–Trinajstić information content (AvgIpc) is 3.08. The number of carboxylic acid groups (broad SMARTS) is 1. The highest BCUT2D eigenvalue weighted by atomic mass is 32.2. The molecular formula is C19H31N3O5S. The van der Waals surface area contributed by atoms with Crippen molar-refractivity contribution in [2.24, 2.45) is 11.8 Å². The number of hydrogen-bond donors (Lipinski definition) is 4. The summed E-state index contributed by atoms with van der Waals surface area (Å²) in [5, 5.41) is 33.4. The van der Waals surface area contributed by atoms with E-state index >= 15 is 0 Å². The molecule has 0 saturated carbocycles. The molecule has 9 heteroatoms. The van der Waals surface area contributed by atoms with Crippen LogP contribution in [0.2, 0.25) is 0 Å². The third kappa shape index (κ3) is 3.95. The Bertz CT molecular complexity index is 668. The molecule has 2 fully saturated rings. The zero-order valence-electron chi connectivity index (χ0n) is 16.8. The Balaban J connectivity index is 1.67. The second kappa shape index (κ2) is 8.31. The van der Waals surface area contributed by atoms with Crippen molar-refractivity contribution in [3.8, 4) is 0 Å². The predicted octanol–water partition coefficient (Wildman–Crippen LogP) is -0.0836. The van der Waals surface area contributed by atoms with E-state index in [9.17, 15) is 24.9 Å². The number of thioether (sulfide) groups is 1. The van der Waals surface area contributed by atoms with Gasteiger partial charge in [-0.1, -0.05) is 6.92 Å². The fourth-order valence-electron chi connectivity index (χ4n) is 4.73. The lowest BCUT2D eigenvalue weighted by Gasteiger charge is -2.46. The normalized spacial score (nSPS) is 34.6. The quantitative estimate of drug-likeness (QED) is 0.409. The van der Waals surface area contributed by atoms with Gasteiger partial charge < -0.3 is 30.4 Å². The average molecular weight is 414 g/mol. The maximum Gasteiger partial charge on any atom is 0.353 e. The number of amides is 1. The predicted molar refractivity (Wildman–Crippen MR) is 107 cm³/mol. The SMILES string of the molecule is C[C@@H](O)[C@H]1C(=O)N2C(C(=O)O)=C(S[C@@H]3CN[C@@H](CC(O)CN(C)C)C3)[C@H](C)[C@H]12. The van der Waals surface area contributed by atoms with Gasteiger partial charge in [-0.05, 0) is 33.9 Å². The number of β-lactam (4-membered cyclic amide) rings is 1. The van der Waals surface area contributed by atoms with Crippen LogP contribution < -0.4 is 5.32 Å². The monoisotopic (exact) mass is 413 g/mol. The number of carbonyl (C=O) groups is 2. The number of carboxylic acids is 1. The molecule has 3 aliphatic rings. The lowest BCUT2D eigenvalue weighted by atomic mass is 9.79. The smallest absolute Gasteiger partial charge is 0.353 e. The van der Waals surface area contributed by atoms with Crippen LogP contribution in [0.4, 0.5) is 0 Å². The van der Waals surface area contributed by atoms with Gasteiger partial charge in [0.15, 0.2) is 0 Å².